The number of piperidine rings is 1. The lowest BCUT2D eigenvalue weighted by Crippen LogP contribution is -2.41. The molecule has 0 amide bonds. The minimum Gasteiger partial charge on any atom is -0.299 e. The maximum atomic E-state index is 9.98. The summed E-state index contributed by atoms with van der Waals surface area (Å²) in [6, 6.07) is 4.89. The molecular weight excluding hydrogens is 364 g/mol. The van der Waals surface area contributed by atoms with Crippen LogP contribution in [0.25, 0.3) is 17.7 Å². The van der Waals surface area contributed by atoms with Crippen molar-refractivity contribution in [3.8, 4) is 6.07 Å². The fourth-order valence-corrected chi connectivity index (χ4v) is 4.59. The molecule has 0 radical (unpaired) electrons. The molecule has 0 saturated carbocycles. The first-order valence-electron chi connectivity index (χ1n) is 10.7. The molecule has 0 atom stereocenters. The maximum absolute atomic E-state index is 9.98. The third-order valence-electron chi connectivity index (χ3n) is 6.39. The molecule has 0 spiro atoms. The molecule has 154 valence electrons. The number of benzene rings is 1. The molecule has 2 nitrogen and oxygen atoms in total. The Morgan fingerprint density at radius 2 is 1.97 bits per heavy atom. The highest BCUT2D eigenvalue weighted by atomic mass is 15.1. The second kappa shape index (κ2) is 8.86. The van der Waals surface area contributed by atoms with Crippen molar-refractivity contribution in [1.82, 2.24) is 4.90 Å². The van der Waals surface area contributed by atoms with Gasteiger partial charge in [0.05, 0.1) is 11.5 Å². The summed E-state index contributed by atoms with van der Waals surface area (Å²) in [4.78, 5) is 2.46. The summed E-state index contributed by atoms with van der Waals surface area (Å²) in [5.41, 5.74) is 6.66. The Morgan fingerprint density at radius 1 is 1.27 bits per heavy atom. The largest absolute Gasteiger partial charge is 0.299 e. The van der Waals surface area contributed by atoms with Crippen LogP contribution in [0.1, 0.15) is 50.3 Å². The number of likely N-dealkylation sites (tertiary alicyclic amines) is 1. The van der Waals surface area contributed by atoms with Crippen molar-refractivity contribution in [2.75, 3.05) is 13.1 Å². The third-order valence-corrected chi connectivity index (χ3v) is 6.39. The number of nitriles is 1. The summed E-state index contributed by atoms with van der Waals surface area (Å²) in [5.74, 6) is 0. The highest BCUT2D eigenvalue weighted by molar-refractivity contribution is 5.99. The third kappa shape index (κ3) is 4.04. The van der Waals surface area contributed by atoms with E-state index in [1.54, 1.807) is 0 Å². The molecule has 0 unspecified atom stereocenters. The number of nitrogens with zero attached hydrogens (tertiary/aromatic N) is 2. The molecule has 1 saturated heterocycles. The van der Waals surface area contributed by atoms with Gasteiger partial charge in [-0.2, -0.15) is 5.26 Å². The zero-order valence-electron chi connectivity index (χ0n) is 18.6. The van der Waals surface area contributed by atoms with Gasteiger partial charge in [0, 0.05) is 19.6 Å². The van der Waals surface area contributed by atoms with Crippen LogP contribution in [-0.4, -0.2) is 18.0 Å². The van der Waals surface area contributed by atoms with Crippen molar-refractivity contribution < 1.29 is 0 Å². The van der Waals surface area contributed by atoms with Crippen LogP contribution in [0.2, 0.25) is 0 Å². The van der Waals surface area contributed by atoms with Gasteiger partial charge in [0.2, 0.25) is 0 Å². The number of fused-ring (bicyclic) bond motifs is 1. The van der Waals surface area contributed by atoms with Crippen LogP contribution in [0, 0.1) is 16.7 Å². The van der Waals surface area contributed by atoms with E-state index in [1.165, 1.54) is 27.1 Å². The van der Waals surface area contributed by atoms with Crippen molar-refractivity contribution in [1.29, 1.82) is 5.26 Å². The molecule has 0 N–H and O–H groups in total. The van der Waals surface area contributed by atoms with Gasteiger partial charge in [-0.25, -0.2) is 0 Å². The minimum absolute atomic E-state index is 0.460. The molecular formula is C28H32N2. The van der Waals surface area contributed by atoms with E-state index in [4.69, 9.17) is 0 Å². The number of hydrogen-bond acceptors (Lipinski definition) is 2. The van der Waals surface area contributed by atoms with Gasteiger partial charge in [-0.1, -0.05) is 61.8 Å². The van der Waals surface area contributed by atoms with E-state index < -0.39 is 5.41 Å². The molecule has 30 heavy (non-hydrogen) atoms. The van der Waals surface area contributed by atoms with Crippen molar-refractivity contribution in [3.63, 3.8) is 0 Å². The summed E-state index contributed by atoms with van der Waals surface area (Å²) in [6.07, 6.45) is 13.9. The van der Waals surface area contributed by atoms with Gasteiger partial charge < -0.3 is 0 Å². The zero-order chi connectivity index (χ0) is 21.9. The fraction of sp³-hybridized carbons (Fsp3) is 0.321. The van der Waals surface area contributed by atoms with Gasteiger partial charge in [-0.05, 0) is 78.0 Å². The number of rotatable bonds is 6. The van der Waals surface area contributed by atoms with Crippen LogP contribution < -0.4 is 10.4 Å². The van der Waals surface area contributed by atoms with E-state index in [0.717, 1.165) is 49.2 Å². The Labute approximate surface area is 181 Å². The van der Waals surface area contributed by atoms with Gasteiger partial charge in [0.15, 0.2) is 0 Å². The Hall–Kier alpha value is -2.89. The average Bonchev–Trinajstić information content (AvgIpc) is 3.38. The summed E-state index contributed by atoms with van der Waals surface area (Å²) in [7, 11) is 0. The smallest absolute Gasteiger partial charge is 0.0841 e. The molecule has 1 heterocycles. The van der Waals surface area contributed by atoms with E-state index in [0.29, 0.717) is 0 Å². The van der Waals surface area contributed by atoms with Crippen LogP contribution in [0.15, 0.2) is 61.3 Å². The Balaban J connectivity index is 1.80. The normalized spacial score (nSPS) is 19.7. The molecule has 1 aliphatic heterocycles. The summed E-state index contributed by atoms with van der Waals surface area (Å²) < 4.78 is 0. The first kappa shape index (κ1) is 21.8. The van der Waals surface area contributed by atoms with Gasteiger partial charge in [0.1, 0.15) is 0 Å². The van der Waals surface area contributed by atoms with Crippen LogP contribution >= 0.6 is 0 Å². The first-order chi connectivity index (χ1) is 14.4. The Kier molecular flexibility index (Phi) is 6.44. The number of allylic oxidation sites excluding steroid dienone is 6. The van der Waals surface area contributed by atoms with E-state index in [1.807, 2.05) is 19.1 Å². The van der Waals surface area contributed by atoms with Gasteiger partial charge in [-0.3, -0.25) is 4.90 Å². The molecule has 1 aliphatic carbocycles. The molecule has 2 heteroatoms. The monoisotopic (exact) mass is 396 g/mol. The highest BCUT2D eigenvalue weighted by Gasteiger charge is 2.37. The Bertz CT molecular complexity index is 1110. The molecule has 0 bridgehead atoms. The van der Waals surface area contributed by atoms with Gasteiger partial charge in [0.25, 0.3) is 0 Å². The van der Waals surface area contributed by atoms with Crippen LogP contribution in [0.5, 0.6) is 0 Å². The topological polar surface area (TPSA) is 27.0 Å². The summed E-state index contributed by atoms with van der Waals surface area (Å²) >= 11 is 0. The van der Waals surface area contributed by atoms with Crippen molar-refractivity contribution in [3.05, 3.63) is 88.4 Å². The van der Waals surface area contributed by atoms with E-state index in [9.17, 15) is 5.26 Å². The second-order valence-corrected chi connectivity index (χ2v) is 8.34. The Morgan fingerprint density at radius 3 is 2.53 bits per heavy atom. The van der Waals surface area contributed by atoms with Gasteiger partial charge in [-0.15, -0.1) is 0 Å². The molecule has 1 aromatic rings. The molecule has 1 aromatic carbocycles. The van der Waals surface area contributed by atoms with Crippen LogP contribution in [0.3, 0.4) is 0 Å². The van der Waals surface area contributed by atoms with Crippen molar-refractivity contribution in [2.24, 2.45) is 5.41 Å². The molecule has 2 aliphatic rings. The molecule has 3 rings (SSSR count). The maximum Gasteiger partial charge on any atom is 0.0841 e. The lowest BCUT2D eigenvalue weighted by molar-refractivity contribution is 0.161. The second-order valence-electron chi connectivity index (χ2n) is 8.34. The van der Waals surface area contributed by atoms with Crippen molar-refractivity contribution in [2.45, 2.75) is 40.2 Å². The lowest BCUT2D eigenvalue weighted by atomic mass is 9.73. The predicted octanol–water partition coefficient (Wildman–Crippen LogP) is 5.01. The van der Waals surface area contributed by atoms with Crippen LogP contribution in [-0.2, 0) is 6.54 Å². The average molecular weight is 397 g/mol. The van der Waals surface area contributed by atoms with Crippen LogP contribution in [0.4, 0.5) is 0 Å². The number of hydrogen-bond donors (Lipinski definition) is 0. The van der Waals surface area contributed by atoms with E-state index >= 15 is 0 Å². The standard InChI is InChI=1S/C28H32N2/c1-7-10-20(4)16-21(5)28(19-29)12-14-30(15-13-28)18-23-17-26-22(6)27(26)25(11-8-2)24(23)9-3/h7-11,16-17H,2,5-6,12-15,18H2,1,3-4H3/b10-7-,20-16-,24-9-,25-11+. The molecule has 0 aromatic heterocycles. The first-order valence-corrected chi connectivity index (χ1v) is 10.7. The fourth-order valence-electron chi connectivity index (χ4n) is 4.59. The van der Waals surface area contributed by atoms with Crippen molar-refractivity contribution >= 4 is 17.7 Å². The van der Waals surface area contributed by atoms with E-state index in [2.05, 4.69) is 74.9 Å². The zero-order valence-corrected chi connectivity index (χ0v) is 18.6. The summed E-state index contributed by atoms with van der Waals surface area (Å²) in [5, 5.41) is 12.5. The quantitative estimate of drug-likeness (QED) is 0.642. The lowest BCUT2D eigenvalue weighted by Gasteiger charge is -2.38. The SMILES string of the molecule is C=C/C=c1/c2c(cc(CN3CCC(C#N)(C(=C)/C=C(C)\C=C/C)CC3)/c1=C/C)C2=C. The minimum atomic E-state index is -0.460. The van der Waals surface area contributed by atoms with E-state index in [-0.39, 0.29) is 0 Å². The molecule has 1 fully saturated rings. The highest BCUT2D eigenvalue weighted by Crippen LogP contribution is 2.40. The predicted molar refractivity (Wildman–Crippen MR) is 129 cm³/mol. The van der Waals surface area contributed by atoms with Gasteiger partial charge >= 0.3 is 0 Å². The summed E-state index contributed by atoms with van der Waals surface area (Å²) in [6.45, 7) is 21.2.